The number of carbonyl (C=O) groups is 2. The summed E-state index contributed by atoms with van der Waals surface area (Å²) in [5.41, 5.74) is 0.262. The Kier molecular flexibility index (Phi) is 5.34. The molecule has 0 N–H and O–H groups in total. The van der Waals surface area contributed by atoms with Crippen LogP contribution >= 0.6 is 0 Å². The number of nitrogens with zero attached hydrogens (tertiary/aromatic N) is 7. The van der Waals surface area contributed by atoms with Crippen LogP contribution in [-0.2, 0) is 17.9 Å². The SMILES string of the molecule is CCn1ccnc1C1CCCCN1C(=O)c1cn(CC(=O)N(C)C)nn1. The molecule has 2 amide bonds. The Bertz CT molecular complexity index is 780. The molecule has 2 aromatic rings. The van der Waals surface area contributed by atoms with Crippen LogP contribution in [0.5, 0.6) is 0 Å². The Morgan fingerprint density at radius 2 is 2.12 bits per heavy atom. The maximum atomic E-state index is 13.0. The highest BCUT2D eigenvalue weighted by molar-refractivity contribution is 5.92. The second-order valence-corrected chi connectivity index (χ2v) is 6.67. The number of aromatic nitrogens is 5. The minimum Gasteiger partial charge on any atom is -0.347 e. The van der Waals surface area contributed by atoms with Crippen LogP contribution in [0.2, 0.25) is 0 Å². The Balaban J connectivity index is 1.79. The standard InChI is InChI=1S/C17H25N7O2/c1-4-22-10-8-18-16(22)14-7-5-6-9-24(14)17(26)13-11-23(20-19-13)12-15(25)21(2)3/h8,10-11,14H,4-7,9,12H2,1-3H3. The third kappa shape index (κ3) is 3.61. The molecule has 1 aliphatic rings. The maximum Gasteiger partial charge on any atom is 0.276 e. The first-order valence-electron chi connectivity index (χ1n) is 8.93. The Morgan fingerprint density at radius 3 is 2.85 bits per heavy atom. The Hall–Kier alpha value is -2.71. The number of hydrogen-bond acceptors (Lipinski definition) is 5. The lowest BCUT2D eigenvalue weighted by Crippen LogP contribution is -2.39. The van der Waals surface area contributed by atoms with Gasteiger partial charge in [-0.3, -0.25) is 9.59 Å². The van der Waals surface area contributed by atoms with Crippen molar-refractivity contribution in [2.45, 2.75) is 45.3 Å². The first-order valence-corrected chi connectivity index (χ1v) is 8.93. The van der Waals surface area contributed by atoms with Crippen molar-refractivity contribution in [1.82, 2.24) is 34.3 Å². The van der Waals surface area contributed by atoms with Crippen LogP contribution in [0, 0.1) is 0 Å². The van der Waals surface area contributed by atoms with E-state index in [1.165, 1.54) is 9.58 Å². The van der Waals surface area contributed by atoms with E-state index < -0.39 is 0 Å². The van der Waals surface area contributed by atoms with Crippen LogP contribution in [-0.4, -0.2) is 66.8 Å². The largest absolute Gasteiger partial charge is 0.347 e. The molecule has 1 unspecified atom stereocenters. The average Bonchev–Trinajstić information content (AvgIpc) is 3.30. The van der Waals surface area contributed by atoms with Crippen molar-refractivity contribution in [3.8, 4) is 0 Å². The molecule has 1 fully saturated rings. The van der Waals surface area contributed by atoms with Gasteiger partial charge in [0.1, 0.15) is 12.4 Å². The number of likely N-dealkylation sites (tertiary alicyclic amines) is 1. The second-order valence-electron chi connectivity index (χ2n) is 6.67. The molecule has 0 aromatic carbocycles. The van der Waals surface area contributed by atoms with Gasteiger partial charge in [-0.2, -0.15) is 0 Å². The maximum absolute atomic E-state index is 13.0. The molecule has 0 bridgehead atoms. The van der Waals surface area contributed by atoms with E-state index in [1.54, 1.807) is 26.5 Å². The van der Waals surface area contributed by atoms with Crippen molar-refractivity contribution < 1.29 is 9.59 Å². The predicted molar refractivity (Wildman–Crippen MR) is 94.2 cm³/mol. The monoisotopic (exact) mass is 359 g/mol. The number of aryl methyl sites for hydroxylation is 1. The number of hydrogen-bond donors (Lipinski definition) is 0. The molecule has 9 heteroatoms. The van der Waals surface area contributed by atoms with Crippen molar-refractivity contribution >= 4 is 11.8 Å². The average molecular weight is 359 g/mol. The molecule has 26 heavy (non-hydrogen) atoms. The zero-order valence-corrected chi connectivity index (χ0v) is 15.5. The Labute approximate surface area is 152 Å². The fraction of sp³-hybridized carbons (Fsp3) is 0.588. The van der Waals surface area contributed by atoms with E-state index >= 15 is 0 Å². The molecular formula is C17H25N7O2. The lowest BCUT2D eigenvalue weighted by atomic mass is 10.0. The molecule has 0 saturated carbocycles. The third-order valence-electron chi connectivity index (χ3n) is 4.70. The highest BCUT2D eigenvalue weighted by Gasteiger charge is 2.32. The van der Waals surface area contributed by atoms with Crippen molar-refractivity contribution in [3.63, 3.8) is 0 Å². The zero-order chi connectivity index (χ0) is 18.7. The summed E-state index contributed by atoms with van der Waals surface area (Å²) in [6, 6.07) is -0.0558. The van der Waals surface area contributed by atoms with Gasteiger partial charge in [-0.1, -0.05) is 5.21 Å². The van der Waals surface area contributed by atoms with Crippen LogP contribution in [0.3, 0.4) is 0 Å². The third-order valence-corrected chi connectivity index (χ3v) is 4.70. The number of carbonyl (C=O) groups excluding carboxylic acids is 2. The number of imidazole rings is 1. The van der Waals surface area contributed by atoms with E-state index in [4.69, 9.17) is 0 Å². The van der Waals surface area contributed by atoms with Gasteiger partial charge in [-0.15, -0.1) is 5.10 Å². The molecule has 0 spiro atoms. The zero-order valence-electron chi connectivity index (χ0n) is 15.5. The van der Waals surface area contributed by atoms with Gasteiger partial charge in [-0.05, 0) is 26.2 Å². The Morgan fingerprint density at radius 1 is 1.31 bits per heavy atom. The van der Waals surface area contributed by atoms with Crippen LogP contribution in [0.15, 0.2) is 18.6 Å². The van der Waals surface area contributed by atoms with Gasteiger partial charge in [0, 0.05) is 39.6 Å². The lowest BCUT2D eigenvalue weighted by Gasteiger charge is -2.35. The van der Waals surface area contributed by atoms with Gasteiger partial charge in [0.2, 0.25) is 5.91 Å². The smallest absolute Gasteiger partial charge is 0.276 e. The normalized spacial score (nSPS) is 17.3. The van der Waals surface area contributed by atoms with Crippen molar-refractivity contribution in [1.29, 1.82) is 0 Å². The van der Waals surface area contributed by atoms with Gasteiger partial charge in [-0.25, -0.2) is 9.67 Å². The molecule has 9 nitrogen and oxygen atoms in total. The summed E-state index contributed by atoms with van der Waals surface area (Å²) >= 11 is 0. The fourth-order valence-corrected chi connectivity index (χ4v) is 3.23. The van der Waals surface area contributed by atoms with Crippen LogP contribution in [0.4, 0.5) is 0 Å². The number of piperidine rings is 1. The van der Waals surface area contributed by atoms with E-state index in [0.717, 1.165) is 31.6 Å². The molecule has 3 heterocycles. The molecule has 140 valence electrons. The summed E-state index contributed by atoms with van der Waals surface area (Å²) < 4.78 is 3.48. The van der Waals surface area contributed by atoms with E-state index in [1.807, 2.05) is 11.1 Å². The van der Waals surface area contributed by atoms with E-state index in [2.05, 4.69) is 26.8 Å². The van der Waals surface area contributed by atoms with Gasteiger partial charge in [0.15, 0.2) is 5.69 Å². The molecule has 2 aromatic heterocycles. The number of likely N-dealkylation sites (N-methyl/N-ethyl adjacent to an activating group) is 1. The highest BCUT2D eigenvalue weighted by Crippen LogP contribution is 2.31. The van der Waals surface area contributed by atoms with Gasteiger partial charge >= 0.3 is 0 Å². The molecule has 1 atom stereocenters. The summed E-state index contributed by atoms with van der Waals surface area (Å²) in [5.74, 6) is 0.648. The van der Waals surface area contributed by atoms with Crippen LogP contribution in [0.25, 0.3) is 0 Å². The van der Waals surface area contributed by atoms with E-state index in [0.29, 0.717) is 6.54 Å². The minimum absolute atomic E-state index is 0.0558. The first-order chi connectivity index (χ1) is 12.5. The quantitative estimate of drug-likeness (QED) is 0.793. The summed E-state index contributed by atoms with van der Waals surface area (Å²) in [4.78, 5) is 32.6. The summed E-state index contributed by atoms with van der Waals surface area (Å²) in [7, 11) is 3.36. The van der Waals surface area contributed by atoms with Crippen molar-refractivity contribution in [2.75, 3.05) is 20.6 Å². The van der Waals surface area contributed by atoms with E-state index in [-0.39, 0.29) is 30.1 Å². The molecule has 0 aliphatic carbocycles. The second kappa shape index (κ2) is 7.67. The summed E-state index contributed by atoms with van der Waals surface area (Å²) in [6.45, 7) is 3.62. The topological polar surface area (TPSA) is 89.2 Å². The summed E-state index contributed by atoms with van der Waals surface area (Å²) in [5, 5.41) is 7.91. The highest BCUT2D eigenvalue weighted by atomic mass is 16.2. The predicted octanol–water partition coefficient (Wildman–Crippen LogP) is 0.950. The van der Waals surface area contributed by atoms with Gasteiger partial charge < -0.3 is 14.4 Å². The molecule has 1 saturated heterocycles. The number of amides is 2. The van der Waals surface area contributed by atoms with Gasteiger partial charge in [0.25, 0.3) is 5.91 Å². The molecule has 3 rings (SSSR count). The van der Waals surface area contributed by atoms with Crippen molar-refractivity contribution in [2.24, 2.45) is 0 Å². The van der Waals surface area contributed by atoms with Gasteiger partial charge in [0.05, 0.1) is 12.2 Å². The lowest BCUT2D eigenvalue weighted by molar-refractivity contribution is -0.129. The van der Waals surface area contributed by atoms with Crippen molar-refractivity contribution in [3.05, 3.63) is 30.1 Å². The fourth-order valence-electron chi connectivity index (χ4n) is 3.23. The molecule has 1 aliphatic heterocycles. The first kappa shape index (κ1) is 18.1. The minimum atomic E-state index is -0.163. The molecular weight excluding hydrogens is 334 g/mol. The summed E-state index contributed by atoms with van der Waals surface area (Å²) in [6.07, 6.45) is 8.17. The van der Waals surface area contributed by atoms with Crippen LogP contribution < -0.4 is 0 Å². The molecule has 0 radical (unpaired) electrons. The van der Waals surface area contributed by atoms with Crippen LogP contribution in [0.1, 0.15) is 48.5 Å². The number of rotatable bonds is 5. The van der Waals surface area contributed by atoms with E-state index in [9.17, 15) is 9.59 Å².